The third kappa shape index (κ3) is 5.50. The average Bonchev–Trinajstić information content (AvgIpc) is 2.57. The zero-order chi connectivity index (χ0) is 17.4. The number of ether oxygens (including phenoxy) is 1. The zero-order valence-corrected chi connectivity index (χ0v) is 14.1. The van der Waals surface area contributed by atoms with Gasteiger partial charge in [-0.25, -0.2) is 4.39 Å². The number of hydrogen-bond donors (Lipinski definition) is 1. The molecule has 0 radical (unpaired) electrons. The molecule has 0 aliphatic heterocycles. The molecule has 1 N–H and O–H groups in total. The maximum Gasteiger partial charge on any atom is 0.235 e. The quantitative estimate of drug-likeness (QED) is 0.832. The molecule has 130 valence electrons. The second kappa shape index (κ2) is 8.65. The van der Waals surface area contributed by atoms with Gasteiger partial charge < -0.3 is 10.1 Å². The van der Waals surface area contributed by atoms with E-state index >= 15 is 0 Å². The van der Waals surface area contributed by atoms with Gasteiger partial charge in [-0.1, -0.05) is 19.3 Å². The third-order valence-corrected chi connectivity index (χ3v) is 4.27. The molecular formula is C18H24FN3O2. The van der Waals surface area contributed by atoms with Crippen LogP contribution in [0.1, 0.15) is 32.1 Å². The minimum Gasteiger partial charge on any atom is -0.492 e. The Morgan fingerprint density at radius 1 is 1.33 bits per heavy atom. The van der Waals surface area contributed by atoms with Gasteiger partial charge in [0.1, 0.15) is 23.7 Å². The van der Waals surface area contributed by atoms with E-state index in [2.05, 4.69) is 11.4 Å². The SMILES string of the molecule is CN(CCOc1ccc(F)cc1)CC(=O)NC1(C#N)CCCCC1. The molecule has 0 atom stereocenters. The fourth-order valence-electron chi connectivity index (χ4n) is 2.90. The van der Waals surface area contributed by atoms with Crippen LogP contribution in [0.2, 0.25) is 0 Å². The first-order chi connectivity index (χ1) is 11.5. The molecule has 1 aromatic carbocycles. The number of halogens is 1. The van der Waals surface area contributed by atoms with Gasteiger partial charge in [0, 0.05) is 6.54 Å². The number of carbonyl (C=O) groups is 1. The Kier molecular flexibility index (Phi) is 6.56. The van der Waals surface area contributed by atoms with Crippen molar-refractivity contribution in [3.8, 4) is 11.8 Å². The monoisotopic (exact) mass is 333 g/mol. The molecule has 0 bridgehead atoms. The smallest absolute Gasteiger partial charge is 0.235 e. The number of hydrogen-bond acceptors (Lipinski definition) is 4. The van der Waals surface area contributed by atoms with Crippen LogP contribution in [-0.4, -0.2) is 43.1 Å². The molecule has 5 nitrogen and oxygen atoms in total. The highest BCUT2D eigenvalue weighted by Gasteiger charge is 2.33. The molecule has 0 saturated heterocycles. The molecule has 1 aliphatic carbocycles. The molecule has 2 rings (SSSR count). The predicted molar refractivity (Wildman–Crippen MR) is 89.0 cm³/mol. The Balaban J connectivity index is 1.71. The summed E-state index contributed by atoms with van der Waals surface area (Å²) in [5.74, 6) is 0.160. The third-order valence-electron chi connectivity index (χ3n) is 4.27. The molecule has 1 fully saturated rings. The van der Waals surface area contributed by atoms with E-state index in [1.54, 1.807) is 12.1 Å². The number of carbonyl (C=O) groups excluding carboxylic acids is 1. The molecule has 0 spiro atoms. The van der Waals surface area contributed by atoms with Crippen molar-refractivity contribution in [1.29, 1.82) is 5.26 Å². The summed E-state index contributed by atoms with van der Waals surface area (Å²) in [6.07, 6.45) is 4.55. The summed E-state index contributed by atoms with van der Waals surface area (Å²) in [5, 5.41) is 12.3. The largest absolute Gasteiger partial charge is 0.492 e. The Hall–Kier alpha value is -2.13. The molecule has 1 amide bonds. The number of amides is 1. The second-order valence-electron chi connectivity index (χ2n) is 6.34. The molecule has 24 heavy (non-hydrogen) atoms. The molecule has 0 aromatic heterocycles. The molecule has 6 heteroatoms. The van der Waals surface area contributed by atoms with Gasteiger partial charge in [-0.3, -0.25) is 9.69 Å². The summed E-state index contributed by atoms with van der Waals surface area (Å²) in [5.41, 5.74) is -0.694. The highest BCUT2D eigenvalue weighted by atomic mass is 19.1. The van der Waals surface area contributed by atoms with Gasteiger partial charge in [-0.05, 0) is 44.2 Å². The van der Waals surface area contributed by atoms with Crippen molar-refractivity contribution < 1.29 is 13.9 Å². The summed E-state index contributed by atoms with van der Waals surface area (Å²) in [4.78, 5) is 14.0. The van der Waals surface area contributed by atoms with E-state index in [9.17, 15) is 14.4 Å². The van der Waals surface area contributed by atoms with Crippen LogP contribution >= 0.6 is 0 Å². The van der Waals surface area contributed by atoms with Gasteiger partial charge >= 0.3 is 0 Å². The lowest BCUT2D eigenvalue weighted by Gasteiger charge is -2.32. The van der Waals surface area contributed by atoms with Gasteiger partial charge in [0.15, 0.2) is 0 Å². The summed E-state index contributed by atoms with van der Waals surface area (Å²) in [6.45, 7) is 1.18. The number of nitriles is 1. The second-order valence-corrected chi connectivity index (χ2v) is 6.34. The van der Waals surface area contributed by atoms with Crippen molar-refractivity contribution >= 4 is 5.91 Å². The van der Waals surface area contributed by atoms with Gasteiger partial charge in [-0.15, -0.1) is 0 Å². The average molecular weight is 333 g/mol. The fraction of sp³-hybridized carbons (Fsp3) is 0.556. The van der Waals surface area contributed by atoms with Crippen molar-refractivity contribution in [2.45, 2.75) is 37.6 Å². The van der Waals surface area contributed by atoms with Crippen molar-refractivity contribution in [2.24, 2.45) is 0 Å². The van der Waals surface area contributed by atoms with Crippen molar-refractivity contribution in [3.63, 3.8) is 0 Å². The van der Waals surface area contributed by atoms with Gasteiger partial charge in [0.25, 0.3) is 0 Å². The van der Waals surface area contributed by atoms with E-state index in [1.807, 2.05) is 11.9 Å². The highest BCUT2D eigenvalue weighted by Crippen LogP contribution is 2.27. The minimum atomic E-state index is -0.694. The fourth-order valence-corrected chi connectivity index (χ4v) is 2.90. The minimum absolute atomic E-state index is 0.136. The van der Waals surface area contributed by atoms with Crippen LogP contribution in [-0.2, 0) is 4.79 Å². The molecular weight excluding hydrogens is 309 g/mol. The van der Waals surface area contributed by atoms with E-state index in [0.717, 1.165) is 32.1 Å². The number of rotatable bonds is 7. The molecule has 1 saturated carbocycles. The molecule has 1 aliphatic rings. The van der Waals surface area contributed by atoms with Crippen molar-refractivity contribution in [2.75, 3.05) is 26.7 Å². The van der Waals surface area contributed by atoms with Crippen LogP contribution in [0.3, 0.4) is 0 Å². The van der Waals surface area contributed by atoms with Gasteiger partial charge in [0.2, 0.25) is 5.91 Å². The summed E-state index contributed by atoms with van der Waals surface area (Å²) >= 11 is 0. The topological polar surface area (TPSA) is 65.4 Å². The lowest BCUT2D eigenvalue weighted by Crippen LogP contribution is -2.51. The summed E-state index contributed by atoms with van der Waals surface area (Å²) in [7, 11) is 1.83. The van der Waals surface area contributed by atoms with Crippen LogP contribution in [0.4, 0.5) is 4.39 Å². The van der Waals surface area contributed by atoms with E-state index < -0.39 is 5.54 Å². The normalized spacial score (nSPS) is 16.4. The molecule has 0 heterocycles. The van der Waals surface area contributed by atoms with E-state index in [0.29, 0.717) is 18.9 Å². The predicted octanol–water partition coefficient (Wildman–Crippen LogP) is 2.48. The molecule has 0 unspecified atom stereocenters. The van der Waals surface area contributed by atoms with Crippen LogP contribution in [0.15, 0.2) is 24.3 Å². The maximum absolute atomic E-state index is 12.8. The zero-order valence-electron chi connectivity index (χ0n) is 14.1. The van der Waals surface area contributed by atoms with E-state index in [4.69, 9.17) is 4.74 Å². The van der Waals surface area contributed by atoms with Gasteiger partial charge in [-0.2, -0.15) is 5.26 Å². The highest BCUT2D eigenvalue weighted by molar-refractivity contribution is 5.79. The maximum atomic E-state index is 12.8. The van der Waals surface area contributed by atoms with Crippen molar-refractivity contribution in [3.05, 3.63) is 30.1 Å². The first-order valence-corrected chi connectivity index (χ1v) is 8.32. The Morgan fingerprint density at radius 2 is 2.00 bits per heavy atom. The Morgan fingerprint density at radius 3 is 2.62 bits per heavy atom. The summed E-state index contributed by atoms with van der Waals surface area (Å²) < 4.78 is 18.3. The number of likely N-dealkylation sites (N-methyl/N-ethyl adjacent to an activating group) is 1. The van der Waals surface area contributed by atoms with Crippen LogP contribution in [0, 0.1) is 17.1 Å². The number of benzene rings is 1. The lowest BCUT2D eigenvalue weighted by atomic mass is 9.83. The van der Waals surface area contributed by atoms with Crippen LogP contribution in [0.25, 0.3) is 0 Å². The Labute approximate surface area is 142 Å². The Bertz CT molecular complexity index is 577. The van der Waals surface area contributed by atoms with Crippen molar-refractivity contribution in [1.82, 2.24) is 10.2 Å². The number of nitrogens with one attached hydrogen (secondary N) is 1. The standard InChI is InChI=1S/C18H24FN3O2/c1-22(11-12-24-16-7-5-15(19)6-8-16)13-17(23)21-18(14-20)9-3-2-4-10-18/h5-8H,2-4,9-13H2,1H3,(H,21,23). The summed E-state index contributed by atoms with van der Waals surface area (Å²) in [6, 6.07) is 8.12. The first-order valence-electron chi connectivity index (χ1n) is 8.32. The van der Waals surface area contributed by atoms with Gasteiger partial charge in [0.05, 0.1) is 12.6 Å². The van der Waals surface area contributed by atoms with E-state index in [1.165, 1.54) is 12.1 Å². The van der Waals surface area contributed by atoms with E-state index in [-0.39, 0.29) is 18.3 Å². The first kappa shape index (κ1) is 18.2. The van der Waals surface area contributed by atoms with Crippen LogP contribution < -0.4 is 10.1 Å². The number of nitrogens with zero attached hydrogens (tertiary/aromatic N) is 2. The van der Waals surface area contributed by atoms with Crippen LogP contribution in [0.5, 0.6) is 5.75 Å². The lowest BCUT2D eigenvalue weighted by molar-refractivity contribution is -0.123. The molecule has 1 aromatic rings.